The predicted molar refractivity (Wildman–Crippen MR) is 76.4 cm³/mol. The molecule has 0 spiro atoms. The molecular formula is C17H12F8O. The highest BCUT2D eigenvalue weighted by atomic mass is 19.3. The van der Waals surface area contributed by atoms with Crippen molar-refractivity contribution in [2.75, 3.05) is 6.61 Å². The molecule has 2 aromatic carbocycles. The van der Waals surface area contributed by atoms with Gasteiger partial charge < -0.3 is 4.74 Å². The molecule has 26 heavy (non-hydrogen) atoms. The number of ether oxygens (including phenoxy) is 1. The average Bonchev–Trinajstić information content (AvgIpc) is 2.56. The lowest BCUT2D eigenvalue weighted by molar-refractivity contribution is -0.227. The number of benzene rings is 2. The van der Waals surface area contributed by atoms with Crippen molar-refractivity contribution in [3.8, 4) is 5.75 Å². The molecule has 0 aliphatic heterocycles. The lowest BCUT2D eigenvalue weighted by Gasteiger charge is -2.28. The van der Waals surface area contributed by atoms with E-state index in [1.54, 1.807) is 0 Å². The van der Waals surface area contributed by atoms with E-state index in [9.17, 15) is 35.1 Å². The molecule has 142 valence electrons. The van der Waals surface area contributed by atoms with Crippen molar-refractivity contribution in [1.29, 1.82) is 0 Å². The molecule has 0 aliphatic carbocycles. The van der Waals surface area contributed by atoms with Gasteiger partial charge >= 0.3 is 11.8 Å². The van der Waals surface area contributed by atoms with Gasteiger partial charge in [0.25, 0.3) is 0 Å². The molecule has 0 aromatic heterocycles. The fraction of sp³-hybridized carbons (Fsp3) is 0.294. The van der Waals surface area contributed by atoms with Crippen LogP contribution in [0.3, 0.4) is 0 Å². The second-order valence-electron chi connectivity index (χ2n) is 5.41. The van der Waals surface area contributed by atoms with E-state index in [1.807, 2.05) is 0 Å². The lowest BCUT2D eigenvalue weighted by Crippen LogP contribution is -2.38. The largest absolute Gasteiger partial charge is 0.488 e. The van der Waals surface area contributed by atoms with Gasteiger partial charge in [0, 0.05) is 5.56 Å². The van der Waals surface area contributed by atoms with Gasteiger partial charge in [-0.25, -0.2) is 8.78 Å². The standard InChI is InChI=1S/C17H12F8O/c1-3-26-15-13(20)11(18)10(12(19)14(15)21)17(24,25)16(22,23)9-6-4-5-8(2)7-9/h4-7H,3H2,1-2H3. The molecule has 0 saturated carbocycles. The van der Waals surface area contributed by atoms with Crippen molar-refractivity contribution < 1.29 is 39.9 Å². The Labute approximate surface area is 143 Å². The second kappa shape index (κ2) is 6.77. The van der Waals surface area contributed by atoms with Gasteiger partial charge in [-0.1, -0.05) is 23.8 Å². The highest BCUT2D eigenvalue weighted by Crippen LogP contribution is 2.52. The SMILES string of the molecule is CCOc1c(F)c(F)c(C(F)(F)C(F)(F)c2cccc(C)c2)c(F)c1F. The van der Waals surface area contributed by atoms with Crippen LogP contribution >= 0.6 is 0 Å². The Morgan fingerprint density at radius 1 is 0.846 bits per heavy atom. The Balaban J connectivity index is 2.73. The quantitative estimate of drug-likeness (QED) is 0.465. The topological polar surface area (TPSA) is 9.23 Å². The first-order valence-electron chi connectivity index (χ1n) is 7.28. The van der Waals surface area contributed by atoms with Crippen molar-refractivity contribution in [2.24, 2.45) is 0 Å². The first-order chi connectivity index (χ1) is 12.0. The molecule has 0 fully saturated rings. The summed E-state index contributed by atoms with van der Waals surface area (Å²) in [5, 5.41) is 0. The summed E-state index contributed by atoms with van der Waals surface area (Å²) in [6, 6.07) is 3.64. The zero-order valence-electron chi connectivity index (χ0n) is 13.4. The van der Waals surface area contributed by atoms with Crippen LogP contribution in [0.1, 0.15) is 23.6 Å². The van der Waals surface area contributed by atoms with Crippen LogP contribution in [0.5, 0.6) is 5.75 Å². The smallest absolute Gasteiger partial charge is 0.345 e. The van der Waals surface area contributed by atoms with E-state index < -0.39 is 58.6 Å². The van der Waals surface area contributed by atoms with E-state index in [4.69, 9.17) is 0 Å². The summed E-state index contributed by atoms with van der Waals surface area (Å²) in [6.07, 6.45) is 0. The molecule has 9 heteroatoms. The summed E-state index contributed by atoms with van der Waals surface area (Å²) < 4.78 is 117. The Kier molecular flexibility index (Phi) is 5.21. The maximum atomic E-state index is 14.3. The molecule has 0 aliphatic rings. The second-order valence-corrected chi connectivity index (χ2v) is 5.41. The summed E-state index contributed by atoms with van der Waals surface area (Å²) in [6.45, 7) is 2.10. The normalized spacial score (nSPS) is 12.4. The molecule has 0 bridgehead atoms. The molecule has 0 atom stereocenters. The number of hydrogen-bond acceptors (Lipinski definition) is 1. The first-order valence-corrected chi connectivity index (χ1v) is 7.28. The van der Waals surface area contributed by atoms with Crippen LogP contribution < -0.4 is 4.74 Å². The van der Waals surface area contributed by atoms with Crippen LogP contribution in [0, 0.1) is 30.2 Å². The lowest BCUT2D eigenvalue weighted by atomic mass is 9.94. The van der Waals surface area contributed by atoms with Gasteiger partial charge in [0.15, 0.2) is 17.4 Å². The highest BCUT2D eigenvalue weighted by Gasteiger charge is 2.62. The van der Waals surface area contributed by atoms with Gasteiger partial charge in [-0.3, -0.25) is 0 Å². The number of hydrogen-bond donors (Lipinski definition) is 0. The summed E-state index contributed by atoms with van der Waals surface area (Å²) in [4.78, 5) is 0. The van der Waals surface area contributed by atoms with Crippen molar-refractivity contribution in [1.82, 2.24) is 0 Å². The van der Waals surface area contributed by atoms with Crippen molar-refractivity contribution in [3.63, 3.8) is 0 Å². The minimum Gasteiger partial charge on any atom is -0.488 e. The van der Waals surface area contributed by atoms with Gasteiger partial charge in [-0.2, -0.15) is 26.3 Å². The molecule has 0 radical (unpaired) electrons. The molecule has 2 rings (SSSR count). The van der Waals surface area contributed by atoms with Gasteiger partial charge in [0.1, 0.15) is 5.56 Å². The summed E-state index contributed by atoms with van der Waals surface area (Å²) in [5.74, 6) is -22.3. The predicted octanol–water partition coefficient (Wildman–Crippen LogP) is 5.83. The fourth-order valence-electron chi connectivity index (χ4n) is 2.34. The number of rotatable bonds is 5. The van der Waals surface area contributed by atoms with E-state index in [-0.39, 0.29) is 5.56 Å². The van der Waals surface area contributed by atoms with Gasteiger partial charge in [-0.05, 0) is 19.9 Å². The highest BCUT2D eigenvalue weighted by molar-refractivity contribution is 5.39. The zero-order valence-corrected chi connectivity index (χ0v) is 13.4. The van der Waals surface area contributed by atoms with Crippen LogP contribution in [-0.4, -0.2) is 6.61 Å². The Morgan fingerprint density at radius 2 is 1.38 bits per heavy atom. The number of alkyl halides is 4. The van der Waals surface area contributed by atoms with E-state index in [0.717, 1.165) is 6.07 Å². The molecule has 0 amide bonds. The van der Waals surface area contributed by atoms with Crippen molar-refractivity contribution in [3.05, 3.63) is 64.2 Å². The zero-order chi connectivity index (χ0) is 19.9. The molecular weight excluding hydrogens is 372 g/mol. The van der Waals surface area contributed by atoms with Crippen LogP contribution in [0.4, 0.5) is 35.1 Å². The number of aryl methyl sites for hydroxylation is 1. The van der Waals surface area contributed by atoms with Gasteiger partial charge in [0.2, 0.25) is 11.6 Å². The summed E-state index contributed by atoms with van der Waals surface area (Å²) >= 11 is 0. The average molecular weight is 384 g/mol. The summed E-state index contributed by atoms with van der Waals surface area (Å²) in [7, 11) is 0. The third-order valence-corrected chi connectivity index (χ3v) is 3.60. The summed E-state index contributed by atoms with van der Waals surface area (Å²) in [5.41, 5.74) is -3.80. The molecule has 1 nitrogen and oxygen atoms in total. The van der Waals surface area contributed by atoms with Crippen molar-refractivity contribution >= 4 is 0 Å². The maximum Gasteiger partial charge on any atom is 0.345 e. The molecule has 2 aromatic rings. The molecule has 0 heterocycles. The van der Waals surface area contributed by atoms with E-state index in [2.05, 4.69) is 4.74 Å². The third-order valence-electron chi connectivity index (χ3n) is 3.60. The minimum atomic E-state index is -5.58. The third kappa shape index (κ3) is 2.99. The van der Waals surface area contributed by atoms with E-state index in [1.165, 1.54) is 19.9 Å². The van der Waals surface area contributed by atoms with E-state index >= 15 is 0 Å². The molecule has 0 unspecified atom stereocenters. The van der Waals surface area contributed by atoms with Crippen LogP contribution in [0.25, 0.3) is 0 Å². The van der Waals surface area contributed by atoms with E-state index in [0.29, 0.717) is 12.1 Å². The van der Waals surface area contributed by atoms with Crippen molar-refractivity contribution in [2.45, 2.75) is 25.7 Å². The Hall–Kier alpha value is -2.32. The van der Waals surface area contributed by atoms with Crippen LogP contribution in [-0.2, 0) is 11.8 Å². The maximum absolute atomic E-state index is 14.3. The molecule has 0 N–H and O–H groups in total. The fourth-order valence-corrected chi connectivity index (χ4v) is 2.34. The van der Waals surface area contributed by atoms with Gasteiger partial charge in [0.05, 0.1) is 6.61 Å². The Bertz CT molecular complexity index is 803. The first kappa shape index (κ1) is 20.0. The van der Waals surface area contributed by atoms with Crippen LogP contribution in [0.15, 0.2) is 24.3 Å². The monoisotopic (exact) mass is 384 g/mol. The van der Waals surface area contributed by atoms with Crippen LogP contribution in [0.2, 0.25) is 0 Å². The Morgan fingerprint density at radius 3 is 1.85 bits per heavy atom. The minimum absolute atomic E-state index is 0.169. The number of halogens is 8. The van der Waals surface area contributed by atoms with Gasteiger partial charge in [-0.15, -0.1) is 0 Å². The molecule has 0 saturated heterocycles.